The lowest BCUT2D eigenvalue weighted by atomic mass is 10.0. The Morgan fingerprint density at radius 3 is 2.57 bits per heavy atom. The molecule has 0 radical (unpaired) electrons. The minimum atomic E-state index is -0.378. The average Bonchev–Trinajstić information content (AvgIpc) is 2.57. The highest BCUT2D eigenvalue weighted by atomic mass is 16.3. The Kier molecular flexibility index (Phi) is 5.09. The van der Waals surface area contributed by atoms with Crippen molar-refractivity contribution in [2.75, 3.05) is 6.54 Å². The average molecular weight is 293 g/mol. The maximum atomic E-state index is 13.0. The van der Waals surface area contributed by atoms with Crippen LogP contribution in [0.5, 0.6) is 0 Å². The minimum absolute atomic E-state index is 0.0643. The van der Waals surface area contributed by atoms with E-state index in [0.29, 0.717) is 17.7 Å². The van der Waals surface area contributed by atoms with Crippen LogP contribution in [-0.4, -0.2) is 34.6 Å². The zero-order chi connectivity index (χ0) is 15.6. The Hall–Kier alpha value is -1.29. The third kappa shape index (κ3) is 3.49. The summed E-state index contributed by atoms with van der Waals surface area (Å²) >= 11 is 0. The number of hydrogen-bond donors (Lipinski definition) is 1. The highest BCUT2D eigenvalue weighted by Gasteiger charge is 2.30. The van der Waals surface area contributed by atoms with Crippen molar-refractivity contribution in [2.24, 2.45) is 0 Å². The van der Waals surface area contributed by atoms with Crippen LogP contribution in [0.25, 0.3) is 0 Å². The monoisotopic (exact) mass is 293 g/mol. The molecule has 2 heterocycles. The van der Waals surface area contributed by atoms with E-state index in [0.717, 1.165) is 43.6 Å². The summed E-state index contributed by atoms with van der Waals surface area (Å²) in [6.07, 6.45) is 4.58. The third-order valence-corrected chi connectivity index (χ3v) is 4.53. The van der Waals surface area contributed by atoms with Crippen molar-refractivity contribution in [3.05, 3.63) is 22.6 Å². The van der Waals surface area contributed by atoms with E-state index >= 15 is 0 Å². The molecule has 4 heteroatoms. The number of nitrogens with zero attached hydrogens (tertiary/aromatic N) is 1. The van der Waals surface area contributed by atoms with Crippen LogP contribution in [0.1, 0.15) is 66.5 Å². The normalized spacial score (nSPS) is 21.2. The van der Waals surface area contributed by atoms with Crippen molar-refractivity contribution in [1.29, 1.82) is 0 Å². The Balaban J connectivity index is 2.28. The second-order valence-corrected chi connectivity index (χ2v) is 6.30. The summed E-state index contributed by atoms with van der Waals surface area (Å²) < 4.78 is 5.61. The van der Waals surface area contributed by atoms with Gasteiger partial charge in [0, 0.05) is 18.2 Å². The van der Waals surface area contributed by atoms with Crippen LogP contribution in [0, 0.1) is 20.8 Å². The highest BCUT2D eigenvalue weighted by molar-refractivity contribution is 5.97. The van der Waals surface area contributed by atoms with Crippen LogP contribution < -0.4 is 0 Å². The standard InChI is InChI=1S/C17H27NO3/c1-11(19)10-15-8-6-5-7-9-18(15)17(20)16-12(2)13(3)21-14(16)4/h11,15,19H,5-10H2,1-4H3. The fourth-order valence-corrected chi connectivity index (χ4v) is 3.34. The van der Waals surface area contributed by atoms with Crippen molar-refractivity contribution < 1.29 is 14.3 Å². The van der Waals surface area contributed by atoms with Gasteiger partial charge in [0.1, 0.15) is 11.5 Å². The van der Waals surface area contributed by atoms with E-state index in [-0.39, 0.29) is 18.1 Å². The molecule has 1 fully saturated rings. The van der Waals surface area contributed by atoms with E-state index in [4.69, 9.17) is 4.42 Å². The third-order valence-electron chi connectivity index (χ3n) is 4.53. The molecule has 0 aliphatic carbocycles. The maximum absolute atomic E-state index is 13.0. The Morgan fingerprint density at radius 2 is 2.00 bits per heavy atom. The Morgan fingerprint density at radius 1 is 1.29 bits per heavy atom. The molecule has 21 heavy (non-hydrogen) atoms. The van der Waals surface area contributed by atoms with Crippen molar-refractivity contribution in [3.63, 3.8) is 0 Å². The van der Waals surface area contributed by atoms with Crippen LogP contribution in [0.3, 0.4) is 0 Å². The van der Waals surface area contributed by atoms with Crippen LogP contribution in [-0.2, 0) is 0 Å². The zero-order valence-electron chi connectivity index (χ0n) is 13.6. The first-order chi connectivity index (χ1) is 9.91. The van der Waals surface area contributed by atoms with E-state index in [9.17, 15) is 9.90 Å². The van der Waals surface area contributed by atoms with Crippen molar-refractivity contribution in [2.45, 2.75) is 71.9 Å². The SMILES string of the molecule is Cc1oc(C)c(C(=O)N2CCCCCC2CC(C)O)c1C. The molecule has 118 valence electrons. The van der Waals surface area contributed by atoms with Gasteiger partial charge in [-0.3, -0.25) is 4.79 Å². The molecular formula is C17H27NO3. The van der Waals surface area contributed by atoms with Gasteiger partial charge in [-0.25, -0.2) is 0 Å². The molecule has 0 bridgehead atoms. The minimum Gasteiger partial charge on any atom is -0.466 e. The fraction of sp³-hybridized carbons (Fsp3) is 0.706. The van der Waals surface area contributed by atoms with Gasteiger partial charge in [0.05, 0.1) is 11.7 Å². The molecule has 2 unspecified atom stereocenters. The lowest BCUT2D eigenvalue weighted by Crippen LogP contribution is -2.41. The largest absolute Gasteiger partial charge is 0.466 e. The Labute approximate surface area is 127 Å². The van der Waals surface area contributed by atoms with Gasteiger partial charge in [0.2, 0.25) is 0 Å². The molecule has 1 aliphatic heterocycles. The molecule has 0 saturated carbocycles. The number of rotatable bonds is 3. The van der Waals surface area contributed by atoms with E-state index in [1.807, 2.05) is 25.7 Å². The molecule has 1 amide bonds. The van der Waals surface area contributed by atoms with Crippen LogP contribution in [0.4, 0.5) is 0 Å². The van der Waals surface area contributed by atoms with Gasteiger partial charge < -0.3 is 14.4 Å². The zero-order valence-corrected chi connectivity index (χ0v) is 13.6. The summed E-state index contributed by atoms with van der Waals surface area (Å²) in [6.45, 7) is 8.27. The topological polar surface area (TPSA) is 53.7 Å². The number of hydrogen-bond acceptors (Lipinski definition) is 3. The molecule has 0 spiro atoms. The van der Waals surface area contributed by atoms with E-state index < -0.39 is 0 Å². The quantitative estimate of drug-likeness (QED) is 0.929. The second-order valence-electron chi connectivity index (χ2n) is 6.30. The smallest absolute Gasteiger partial charge is 0.257 e. The predicted octanol–water partition coefficient (Wildman–Crippen LogP) is 3.36. The van der Waals surface area contributed by atoms with Gasteiger partial charge in [0.15, 0.2) is 0 Å². The number of aliphatic hydroxyl groups is 1. The molecule has 1 aromatic rings. The highest BCUT2D eigenvalue weighted by Crippen LogP contribution is 2.27. The van der Waals surface area contributed by atoms with Crippen molar-refractivity contribution in [1.82, 2.24) is 4.90 Å². The summed E-state index contributed by atoms with van der Waals surface area (Å²) in [6, 6.07) is 0.133. The molecular weight excluding hydrogens is 266 g/mol. The molecule has 1 saturated heterocycles. The summed E-state index contributed by atoms with van der Waals surface area (Å²) in [5.41, 5.74) is 1.66. The van der Waals surface area contributed by atoms with Crippen LogP contribution in [0.15, 0.2) is 4.42 Å². The number of furan rings is 1. The summed E-state index contributed by atoms with van der Waals surface area (Å²) in [5, 5.41) is 9.72. The first-order valence-corrected chi connectivity index (χ1v) is 7.97. The lowest BCUT2D eigenvalue weighted by Gasteiger charge is -2.31. The van der Waals surface area contributed by atoms with E-state index in [2.05, 4.69) is 0 Å². The number of carbonyl (C=O) groups excluding carboxylic acids is 1. The molecule has 2 atom stereocenters. The molecule has 1 aliphatic rings. The predicted molar refractivity (Wildman–Crippen MR) is 82.5 cm³/mol. The maximum Gasteiger partial charge on any atom is 0.257 e. The second kappa shape index (κ2) is 6.65. The molecule has 4 nitrogen and oxygen atoms in total. The first-order valence-electron chi connectivity index (χ1n) is 7.97. The Bertz CT molecular complexity index is 504. The van der Waals surface area contributed by atoms with Crippen molar-refractivity contribution >= 4 is 5.91 Å². The van der Waals surface area contributed by atoms with E-state index in [1.165, 1.54) is 0 Å². The first kappa shape index (κ1) is 16.1. The lowest BCUT2D eigenvalue weighted by molar-refractivity contribution is 0.0605. The summed E-state index contributed by atoms with van der Waals surface area (Å²) in [5.74, 6) is 1.59. The summed E-state index contributed by atoms with van der Waals surface area (Å²) in [7, 11) is 0. The van der Waals surface area contributed by atoms with Gasteiger partial charge >= 0.3 is 0 Å². The number of aliphatic hydroxyl groups excluding tert-OH is 1. The van der Waals surface area contributed by atoms with Crippen molar-refractivity contribution in [3.8, 4) is 0 Å². The number of aryl methyl sites for hydroxylation is 2. The van der Waals surface area contributed by atoms with Gasteiger partial charge in [-0.05, 0) is 47.0 Å². The van der Waals surface area contributed by atoms with E-state index in [1.54, 1.807) is 6.92 Å². The van der Waals surface area contributed by atoms with Gasteiger partial charge in [-0.2, -0.15) is 0 Å². The fourth-order valence-electron chi connectivity index (χ4n) is 3.34. The number of carbonyl (C=O) groups is 1. The van der Waals surface area contributed by atoms with Crippen LogP contribution in [0.2, 0.25) is 0 Å². The van der Waals surface area contributed by atoms with Crippen LogP contribution >= 0.6 is 0 Å². The molecule has 1 aromatic heterocycles. The number of likely N-dealkylation sites (tertiary alicyclic amines) is 1. The molecule has 2 rings (SSSR count). The van der Waals surface area contributed by atoms with Gasteiger partial charge in [-0.15, -0.1) is 0 Å². The molecule has 1 N–H and O–H groups in total. The van der Waals surface area contributed by atoms with Gasteiger partial charge in [-0.1, -0.05) is 12.8 Å². The van der Waals surface area contributed by atoms with Gasteiger partial charge in [0.25, 0.3) is 5.91 Å². The molecule has 0 aromatic carbocycles. The summed E-state index contributed by atoms with van der Waals surface area (Å²) in [4.78, 5) is 14.9. The number of amides is 1.